The number of fused-ring (bicyclic) bond motifs is 1. The lowest BCUT2D eigenvalue weighted by molar-refractivity contribution is -0.133. The molecule has 0 saturated carbocycles. The van der Waals surface area contributed by atoms with Crippen LogP contribution in [0.25, 0.3) is 22.2 Å². The molecule has 2 aliphatic heterocycles. The first-order valence-corrected chi connectivity index (χ1v) is 11.4. The van der Waals surface area contributed by atoms with Gasteiger partial charge in [0.2, 0.25) is 11.9 Å². The molecule has 0 atom stereocenters. The second-order valence-corrected chi connectivity index (χ2v) is 8.46. The highest BCUT2D eigenvalue weighted by Gasteiger charge is 2.24. The quantitative estimate of drug-likeness (QED) is 0.654. The fourth-order valence-electron chi connectivity index (χ4n) is 4.56. The number of benzene rings is 2. The minimum Gasteiger partial charge on any atom is -0.342 e. The van der Waals surface area contributed by atoms with E-state index < -0.39 is 0 Å². The van der Waals surface area contributed by atoms with Crippen LogP contribution in [0, 0.1) is 0 Å². The van der Waals surface area contributed by atoms with E-state index in [-0.39, 0.29) is 5.91 Å². The molecule has 3 heterocycles. The van der Waals surface area contributed by atoms with Crippen LogP contribution in [-0.4, -0.2) is 71.5 Å². The van der Waals surface area contributed by atoms with Gasteiger partial charge in [-0.3, -0.25) is 9.69 Å². The third-order valence-electron chi connectivity index (χ3n) is 6.36. The van der Waals surface area contributed by atoms with Crippen molar-refractivity contribution in [2.24, 2.45) is 0 Å². The maximum atomic E-state index is 12.6. The van der Waals surface area contributed by atoms with Gasteiger partial charge in [-0.15, -0.1) is 0 Å². The van der Waals surface area contributed by atoms with E-state index in [9.17, 15) is 4.79 Å². The lowest BCUT2D eigenvalue weighted by Crippen LogP contribution is -2.51. The Labute approximate surface area is 183 Å². The van der Waals surface area contributed by atoms with Gasteiger partial charge in [-0.1, -0.05) is 48.5 Å². The van der Waals surface area contributed by atoms with Crippen molar-refractivity contribution in [2.45, 2.75) is 19.3 Å². The SMILES string of the molecule is O=C(CN1CCN(c2nc(-c3ccccc3)c3ccccc3n2)CC1)N1CCCCC1. The van der Waals surface area contributed by atoms with Crippen LogP contribution >= 0.6 is 0 Å². The van der Waals surface area contributed by atoms with Crippen molar-refractivity contribution < 1.29 is 4.79 Å². The smallest absolute Gasteiger partial charge is 0.236 e. The molecule has 2 saturated heterocycles. The first-order chi connectivity index (χ1) is 15.3. The number of hydrogen-bond acceptors (Lipinski definition) is 5. The number of likely N-dealkylation sites (tertiary alicyclic amines) is 1. The number of para-hydroxylation sites is 1. The summed E-state index contributed by atoms with van der Waals surface area (Å²) in [6, 6.07) is 18.5. The van der Waals surface area contributed by atoms with Gasteiger partial charge in [0.05, 0.1) is 17.8 Å². The zero-order valence-corrected chi connectivity index (χ0v) is 17.9. The Kier molecular flexibility index (Phi) is 5.80. The van der Waals surface area contributed by atoms with Crippen molar-refractivity contribution in [3.8, 4) is 11.3 Å². The molecule has 5 rings (SSSR count). The summed E-state index contributed by atoms with van der Waals surface area (Å²) in [5, 5.41) is 1.07. The van der Waals surface area contributed by atoms with Gasteiger partial charge in [-0.25, -0.2) is 9.97 Å². The van der Waals surface area contributed by atoms with Crippen molar-refractivity contribution in [3.63, 3.8) is 0 Å². The largest absolute Gasteiger partial charge is 0.342 e. The highest BCUT2D eigenvalue weighted by Crippen LogP contribution is 2.28. The zero-order chi connectivity index (χ0) is 21.0. The van der Waals surface area contributed by atoms with E-state index in [0.29, 0.717) is 6.54 Å². The molecule has 6 heteroatoms. The molecule has 1 amide bonds. The molecule has 1 aromatic heterocycles. The van der Waals surface area contributed by atoms with Gasteiger partial charge in [-0.05, 0) is 25.3 Å². The van der Waals surface area contributed by atoms with E-state index in [2.05, 4.69) is 34.1 Å². The molecule has 6 nitrogen and oxygen atoms in total. The van der Waals surface area contributed by atoms with Crippen LogP contribution in [0.1, 0.15) is 19.3 Å². The molecular formula is C25H29N5O. The molecule has 0 aliphatic carbocycles. The third kappa shape index (κ3) is 4.39. The molecule has 2 aliphatic rings. The predicted molar refractivity (Wildman–Crippen MR) is 124 cm³/mol. The zero-order valence-electron chi connectivity index (χ0n) is 17.9. The third-order valence-corrected chi connectivity index (χ3v) is 6.36. The second kappa shape index (κ2) is 9.02. The minimum atomic E-state index is 0.279. The Hall–Kier alpha value is -2.99. The monoisotopic (exact) mass is 415 g/mol. The highest BCUT2D eigenvalue weighted by atomic mass is 16.2. The van der Waals surface area contributed by atoms with Crippen LogP contribution in [0.4, 0.5) is 5.95 Å². The van der Waals surface area contributed by atoms with Crippen LogP contribution in [0.3, 0.4) is 0 Å². The lowest BCUT2D eigenvalue weighted by atomic mass is 10.1. The van der Waals surface area contributed by atoms with E-state index in [1.807, 2.05) is 35.2 Å². The summed E-state index contributed by atoms with van der Waals surface area (Å²) in [7, 11) is 0. The Balaban J connectivity index is 1.31. The number of piperazine rings is 1. The van der Waals surface area contributed by atoms with Crippen molar-refractivity contribution in [2.75, 3.05) is 50.7 Å². The molecule has 2 fully saturated rings. The molecule has 0 unspecified atom stereocenters. The standard InChI is InChI=1S/C25H29N5O/c31-23(29-13-7-2-8-14-29)19-28-15-17-30(18-16-28)25-26-22-12-6-5-11-21(22)24(27-25)20-9-3-1-4-10-20/h1,3-6,9-12H,2,7-8,13-19H2. The molecule has 0 bridgehead atoms. The molecule has 0 spiro atoms. The number of nitrogens with zero attached hydrogens (tertiary/aromatic N) is 5. The maximum absolute atomic E-state index is 12.6. The Morgan fingerprint density at radius 1 is 0.774 bits per heavy atom. The van der Waals surface area contributed by atoms with Gasteiger partial charge in [0.15, 0.2) is 0 Å². The number of anilines is 1. The predicted octanol–water partition coefficient (Wildman–Crippen LogP) is 3.43. The molecule has 31 heavy (non-hydrogen) atoms. The molecular weight excluding hydrogens is 386 g/mol. The topological polar surface area (TPSA) is 52.6 Å². The Morgan fingerprint density at radius 3 is 2.26 bits per heavy atom. The number of rotatable bonds is 4. The fraction of sp³-hybridized carbons (Fsp3) is 0.400. The average molecular weight is 416 g/mol. The summed E-state index contributed by atoms with van der Waals surface area (Å²) in [6.45, 7) is 5.76. The van der Waals surface area contributed by atoms with Crippen LogP contribution in [0.2, 0.25) is 0 Å². The minimum absolute atomic E-state index is 0.279. The lowest BCUT2D eigenvalue weighted by Gasteiger charge is -2.36. The highest BCUT2D eigenvalue weighted by molar-refractivity contribution is 5.93. The first kappa shape index (κ1) is 19.9. The van der Waals surface area contributed by atoms with Crippen LogP contribution < -0.4 is 4.90 Å². The summed E-state index contributed by atoms with van der Waals surface area (Å²) in [5.41, 5.74) is 3.05. The van der Waals surface area contributed by atoms with Crippen molar-refractivity contribution in [3.05, 3.63) is 54.6 Å². The van der Waals surface area contributed by atoms with E-state index in [4.69, 9.17) is 9.97 Å². The summed E-state index contributed by atoms with van der Waals surface area (Å²) >= 11 is 0. The van der Waals surface area contributed by atoms with Gasteiger partial charge in [-0.2, -0.15) is 0 Å². The number of carbonyl (C=O) groups is 1. The Morgan fingerprint density at radius 2 is 1.48 bits per heavy atom. The number of aromatic nitrogens is 2. The average Bonchev–Trinajstić information content (AvgIpc) is 2.85. The molecule has 3 aromatic rings. The van der Waals surface area contributed by atoms with Gasteiger partial charge >= 0.3 is 0 Å². The van der Waals surface area contributed by atoms with E-state index in [1.54, 1.807) is 0 Å². The number of hydrogen-bond donors (Lipinski definition) is 0. The summed E-state index contributed by atoms with van der Waals surface area (Å²) in [6.07, 6.45) is 3.53. The first-order valence-electron chi connectivity index (χ1n) is 11.4. The van der Waals surface area contributed by atoms with Gasteiger partial charge in [0.25, 0.3) is 0 Å². The molecule has 0 N–H and O–H groups in total. The van der Waals surface area contributed by atoms with Crippen LogP contribution in [0.5, 0.6) is 0 Å². The second-order valence-electron chi connectivity index (χ2n) is 8.46. The fourth-order valence-corrected chi connectivity index (χ4v) is 4.56. The number of piperidine rings is 1. The van der Waals surface area contributed by atoms with E-state index >= 15 is 0 Å². The van der Waals surface area contributed by atoms with Crippen molar-refractivity contribution >= 4 is 22.8 Å². The van der Waals surface area contributed by atoms with Crippen molar-refractivity contribution in [1.82, 2.24) is 19.8 Å². The number of amides is 1. The summed E-state index contributed by atoms with van der Waals surface area (Å²) < 4.78 is 0. The molecule has 0 radical (unpaired) electrons. The summed E-state index contributed by atoms with van der Waals surface area (Å²) in [5.74, 6) is 1.06. The van der Waals surface area contributed by atoms with Crippen LogP contribution in [0.15, 0.2) is 54.6 Å². The van der Waals surface area contributed by atoms with Crippen molar-refractivity contribution in [1.29, 1.82) is 0 Å². The van der Waals surface area contributed by atoms with Gasteiger partial charge in [0.1, 0.15) is 0 Å². The van der Waals surface area contributed by atoms with Gasteiger partial charge in [0, 0.05) is 50.2 Å². The summed E-state index contributed by atoms with van der Waals surface area (Å²) in [4.78, 5) is 29.0. The van der Waals surface area contributed by atoms with E-state index in [0.717, 1.165) is 80.2 Å². The van der Waals surface area contributed by atoms with E-state index in [1.165, 1.54) is 6.42 Å². The Bertz CT molecular complexity index is 1040. The normalized spacial score (nSPS) is 17.8. The molecule has 2 aromatic carbocycles. The van der Waals surface area contributed by atoms with Crippen LogP contribution in [-0.2, 0) is 4.79 Å². The number of carbonyl (C=O) groups excluding carboxylic acids is 1. The molecule has 160 valence electrons. The maximum Gasteiger partial charge on any atom is 0.236 e. The van der Waals surface area contributed by atoms with Gasteiger partial charge < -0.3 is 9.80 Å².